The highest BCUT2D eigenvalue weighted by atomic mass is 32.1. The number of thiol groups is 1. The van der Waals surface area contributed by atoms with E-state index in [1.165, 1.54) is 4.51 Å². The third-order valence-electron chi connectivity index (χ3n) is 0.756. The van der Waals surface area contributed by atoms with Gasteiger partial charge in [0.1, 0.15) is 0 Å². The van der Waals surface area contributed by atoms with Crippen LogP contribution in [0, 0.1) is 0 Å². The second-order valence-electron chi connectivity index (χ2n) is 1.34. The molecule has 0 unspecified atom stereocenters. The van der Waals surface area contributed by atoms with Crippen LogP contribution in [0.3, 0.4) is 0 Å². The first-order valence-corrected chi connectivity index (χ1v) is 3.83. The molecule has 0 fully saturated rings. The van der Waals surface area contributed by atoms with Crippen LogP contribution >= 0.6 is 12.6 Å². The highest BCUT2D eigenvalue weighted by Gasteiger charge is 1.73. The molecule has 36 valence electrons. The first-order valence-electron chi connectivity index (χ1n) is 2.13. The molecular formula is C5H6SSi. The largest absolute Gasteiger partial charge is 0.149 e. The van der Waals surface area contributed by atoms with E-state index in [-0.39, 0.29) is 0 Å². The third-order valence-corrected chi connectivity index (χ3v) is 2.30. The van der Waals surface area contributed by atoms with Crippen molar-refractivity contribution in [3.05, 3.63) is 23.9 Å². The van der Waals surface area contributed by atoms with Crippen molar-refractivity contribution >= 4 is 21.7 Å². The van der Waals surface area contributed by atoms with Crippen molar-refractivity contribution in [3.63, 3.8) is 0 Å². The molecule has 1 aromatic rings. The van der Waals surface area contributed by atoms with Gasteiger partial charge in [-0.2, -0.15) is 0 Å². The Bertz CT molecular complexity index is 138. The molecule has 0 saturated carbocycles. The van der Waals surface area contributed by atoms with E-state index >= 15 is 0 Å². The van der Waals surface area contributed by atoms with Gasteiger partial charge in [0.15, 0.2) is 0 Å². The number of rotatable bonds is 0. The van der Waals surface area contributed by atoms with Gasteiger partial charge >= 0.3 is 0 Å². The van der Waals surface area contributed by atoms with Crippen LogP contribution in [0.1, 0.15) is 0 Å². The molecule has 0 atom stereocenters. The summed E-state index contributed by atoms with van der Waals surface area (Å²) in [6, 6.07) is 6.12. The maximum Gasteiger partial charge on any atom is 0.0374 e. The van der Waals surface area contributed by atoms with Gasteiger partial charge in [-0.15, -0.1) is 12.6 Å². The highest BCUT2D eigenvalue weighted by Crippen LogP contribution is 1.94. The van der Waals surface area contributed by atoms with E-state index in [1.54, 1.807) is 0 Å². The van der Waals surface area contributed by atoms with Crippen LogP contribution in [-0.2, 0) is 0 Å². The van der Waals surface area contributed by atoms with Gasteiger partial charge in [0.25, 0.3) is 0 Å². The predicted octanol–water partition coefficient (Wildman–Crippen LogP) is 1.05. The van der Waals surface area contributed by atoms with Gasteiger partial charge < -0.3 is 0 Å². The Morgan fingerprint density at radius 2 is 2.29 bits per heavy atom. The van der Waals surface area contributed by atoms with Gasteiger partial charge in [-0.1, -0.05) is 23.9 Å². The molecule has 0 aliphatic rings. The molecule has 7 heavy (non-hydrogen) atoms. The molecule has 0 bridgehead atoms. The molecule has 0 aliphatic heterocycles. The van der Waals surface area contributed by atoms with Crippen LogP contribution in [-0.4, -0.2) is 9.12 Å². The van der Waals surface area contributed by atoms with E-state index in [2.05, 4.69) is 24.4 Å². The maximum atomic E-state index is 4.18. The van der Waals surface area contributed by atoms with Crippen molar-refractivity contribution in [2.24, 2.45) is 0 Å². The summed E-state index contributed by atoms with van der Waals surface area (Å²) in [6.07, 6.45) is 0. The smallest absolute Gasteiger partial charge is 0.0374 e. The summed E-state index contributed by atoms with van der Waals surface area (Å²) in [5.41, 5.74) is 2.17. The van der Waals surface area contributed by atoms with Gasteiger partial charge in [0.2, 0.25) is 0 Å². The molecule has 0 aliphatic carbocycles. The predicted molar refractivity (Wildman–Crippen MR) is 36.4 cm³/mol. The van der Waals surface area contributed by atoms with E-state index in [1.807, 2.05) is 12.1 Å². The fourth-order valence-electron chi connectivity index (χ4n) is 0.428. The van der Waals surface area contributed by atoms with Gasteiger partial charge in [-0.05, 0) is 4.51 Å². The van der Waals surface area contributed by atoms with Crippen molar-refractivity contribution in [1.29, 1.82) is 0 Å². The molecule has 1 rings (SSSR count). The first-order chi connectivity index (χ1) is 3.39. The quantitative estimate of drug-likeness (QED) is 0.390. The van der Waals surface area contributed by atoms with Crippen molar-refractivity contribution in [1.82, 2.24) is 0 Å². The van der Waals surface area contributed by atoms with E-state index < -0.39 is 0 Å². The van der Waals surface area contributed by atoms with Crippen LogP contribution in [0.4, 0.5) is 0 Å². The maximum absolute atomic E-state index is 4.18. The Morgan fingerprint density at radius 3 is 2.57 bits per heavy atom. The summed E-state index contributed by atoms with van der Waals surface area (Å²) in [5, 5.41) is 0. The Labute approximate surface area is 50.7 Å². The van der Waals surface area contributed by atoms with Crippen molar-refractivity contribution in [3.8, 4) is 0 Å². The van der Waals surface area contributed by atoms with Crippen LogP contribution < -0.4 is 0 Å². The van der Waals surface area contributed by atoms with Gasteiger partial charge in [0, 0.05) is 9.12 Å². The Hall–Kier alpha value is -0.0831. The van der Waals surface area contributed by atoms with E-state index in [4.69, 9.17) is 0 Å². The summed E-state index contributed by atoms with van der Waals surface area (Å²) in [7, 11) is 0.368. The summed E-state index contributed by atoms with van der Waals surface area (Å²) in [4.78, 5) is 0. The average molecular weight is 126 g/mol. The molecule has 2 heteroatoms. The first kappa shape index (κ1) is 5.06. The third kappa shape index (κ3) is 1.45. The lowest BCUT2D eigenvalue weighted by molar-refractivity contribution is 1.66. The lowest BCUT2D eigenvalue weighted by Gasteiger charge is -1.81. The monoisotopic (exact) mass is 126 g/mol. The molecule has 0 nitrogen and oxygen atoms in total. The average Bonchev–Trinajstić information content (AvgIpc) is 1.69. The molecule has 1 aromatic heterocycles. The SMILES string of the molecule is Sc1cccc[siH]1. The lowest BCUT2D eigenvalue weighted by Crippen LogP contribution is -1.69. The second kappa shape index (κ2) is 2.28. The molecule has 0 spiro atoms. The Morgan fingerprint density at radius 1 is 1.43 bits per heavy atom. The zero-order chi connectivity index (χ0) is 5.11. The van der Waals surface area contributed by atoms with E-state index in [9.17, 15) is 0 Å². The summed E-state index contributed by atoms with van der Waals surface area (Å²) < 4.78 is 1.22. The van der Waals surface area contributed by atoms with Crippen LogP contribution in [0.15, 0.2) is 28.4 Å². The van der Waals surface area contributed by atoms with Crippen LogP contribution in [0.2, 0.25) is 0 Å². The minimum Gasteiger partial charge on any atom is -0.149 e. The topological polar surface area (TPSA) is 0 Å². The fraction of sp³-hybridized carbons (Fsp3) is 0. The molecule has 0 aromatic carbocycles. The summed E-state index contributed by atoms with van der Waals surface area (Å²) in [6.45, 7) is 0. The van der Waals surface area contributed by atoms with Crippen molar-refractivity contribution < 1.29 is 0 Å². The number of hydrogen-bond donors (Lipinski definition) is 1. The van der Waals surface area contributed by atoms with Crippen LogP contribution in [0.5, 0.6) is 0 Å². The van der Waals surface area contributed by atoms with E-state index in [0.29, 0.717) is 9.12 Å². The van der Waals surface area contributed by atoms with Gasteiger partial charge in [-0.25, -0.2) is 0 Å². The molecular weight excluding hydrogens is 120 g/mol. The molecule has 0 amide bonds. The van der Waals surface area contributed by atoms with E-state index in [0.717, 1.165) is 0 Å². The normalized spacial score (nSPS) is 8.71. The second-order valence-corrected chi connectivity index (χ2v) is 3.68. The lowest BCUT2D eigenvalue weighted by atomic mass is 10.6. The Balaban J connectivity index is 3.02. The molecule has 0 N–H and O–H groups in total. The number of hydrogen-bond acceptors (Lipinski definition) is 1. The highest BCUT2D eigenvalue weighted by molar-refractivity contribution is 7.81. The Kier molecular flexibility index (Phi) is 1.65. The molecule has 1 heterocycles. The fourth-order valence-corrected chi connectivity index (χ4v) is 1.43. The minimum absolute atomic E-state index is 0.368. The van der Waals surface area contributed by atoms with Crippen LogP contribution in [0.25, 0.3) is 0 Å². The molecule has 0 saturated heterocycles. The van der Waals surface area contributed by atoms with Gasteiger partial charge in [0.05, 0.1) is 0 Å². The summed E-state index contributed by atoms with van der Waals surface area (Å²) >= 11 is 4.18. The standard InChI is InChI=1S/C5H6SSi/c6-5-3-1-2-4-7-5/h1-4,6-7H. The van der Waals surface area contributed by atoms with Crippen molar-refractivity contribution in [2.75, 3.05) is 0 Å². The van der Waals surface area contributed by atoms with Crippen molar-refractivity contribution in [2.45, 2.75) is 4.51 Å². The zero-order valence-corrected chi connectivity index (χ0v) is 5.88. The molecule has 0 radical (unpaired) electrons. The zero-order valence-electron chi connectivity index (χ0n) is 3.83. The summed E-state index contributed by atoms with van der Waals surface area (Å²) in [5.74, 6) is 0. The minimum atomic E-state index is 0.368. The van der Waals surface area contributed by atoms with Gasteiger partial charge in [-0.3, -0.25) is 0 Å².